The summed E-state index contributed by atoms with van der Waals surface area (Å²) in [7, 11) is 0. The lowest BCUT2D eigenvalue weighted by Gasteiger charge is -2.14. The Morgan fingerprint density at radius 3 is 2.83 bits per heavy atom. The number of carbonyl (C=O) groups is 1. The Morgan fingerprint density at radius 2 is 2.22 bits per heavy atom. The van der Waals surface area contributed by atoms with Crippen LogP contribution < -0.4 is 10.1 Å². The molecular weight excluding hydrogens is 230 g/mol. The van der Waals surface area contributed by atoms with Crippen LogP contribution in [-0.2, 0) is 0 Å². The fraction of sp³-hybridized carbons (Fsp3) is 0.385. The third kappa shape index (κ3) is 3.23. The van der Waals surface area contributed by atoms with E-state index in [-0.39, 0.29) is 6.03 Å². The number of benzene rings is 1. The lowest BCUT2D eigenvalue weighted by molar-refractivity contribution is 0.202. The minimum Gasteiger partial charge on any atom is -0.492 e. The highest BCUT2D eigenvalue weighted by molar-refractivity contribution is 5.76. The van der Waals surface area contributed by atoms with Crippen LogP contribution in [0, 0.1) is 0 Å². The number of amides is 2. The average molecular weight is 247 g/mol. The van der Waals surface area contributed by atoms with Crippen molar-refractivity contribution in [3.8, 4) is 5.75 Å². The standard InChI is InChI=1S/C13H17N3O2/c1-2-14-11-3-5-12(6-4-11)18-10-9-16-8-7-15-13(16)17/h2-6H,7-10H2,1H3,(H,15,17). The fourth-order valence-corrected chi connectivity index (χ4v) is 1.78. The van der Waals surface area contributed by atoms with Crippen molar-refractivity contribution in [2.75, 3.05) is 26.2 Å². The van der Waals surface area contributed by atoms with Crippen LogP contribution in [0.5, 0.6) is 5.75 Å². The lowest BCUT2D eigenvalue weighted by Crippen LogP contribution is -2.31. The number of hydrogen-bond donors (Lipinski definition) is 1. The summed E-state index contributed by atoms with van der Waals surface area (Å²) < 4.78 is 5.58. The van der Waals surface area contributed by atoms with Gasteiger partial charge >= 0.3 is 6.03 Å². The summed E-state index contributed by atoms with van der Waals surface area (Å²) in [5, 5.41) is 2.76. The molecule has 1 N–H and O–H groups in total. The van der Waals surface area contributed by atoms with E-state index in [1.54, 1.807) is 11.1 Å². The molecular formula is C13H17N3O2. The van der Waals surface area contributed by atoms with Gasteiger partial charge in [-0.05, 0) is 31.2 Å². The molecule has 2 amide bonds. The van der Waals surface area contributed by atoms with Crippen LogP contribution in [0.2, 0.25) is 0 Å². The molecule has 1 aliphatic rings. The Labute approximate surface area is 106 Å². The predicted octanol–water partition coefficient (Wildman–Crippen LogP) is 1.81. The number of hydrogen-bond acceptors (Lipinski definition) is 3. The molecule has 18 heavy (non-hydrogen) atoms. The molecule has 2 rings (SSSR count). The van der Waals surface area contributed by atoms with E-state index >= 15 is 0 Å². The molecule has 0 aliphatic carbocycles. The predicted molar refractivity (Wildman–Crippen MR) is 70.7 cm³/mol. The van der Waals surface area contributed by atoms with Crippen molar-refractivity contribution in [2.45, 2.75) is 6.92 Å². The maximum Gasteiger partial charge on any atom is 0.317 e. The Morgan fingerprint density at radius 1 is 1.44 bits per heavy atom. The van der Waals surface area contributed by atoms with E-state index in [2.05, 4.69) is 10.3 Å². The number of nitrogens with one attached hydrogen (secondary N) is 1. The first-order chi connectivity index (χ1) is 8.79. The van der Waals surface area contributed by atoms with Gasteiger partial charge in [-0.3, -0.25) is 4.99 Å². The zero-order valence-corrected chi connectivity index (χ0v) is 10.4. The number of urea groups is 1. The second-order valence-corrected chi connectivity index (χ2v) is 3.95. The van der Waals surface area contributed by atoms with Crippen molar-refractivity contribution in [2.24, 2.45) is 4.99 Å². The molecule has 5 heteroatoms. The van der Waals surface area contributed by atoms with E-state index in [1.807, 2.05) is 31.2 Å². The Kier molecular flexibility index (Phi) is 4.17. The van der Waals surface area contributed by atoms with Crippen molar-refractivity contribution in [1.29, 1.82) is 0 Å². The highest BCUT2D eigenvalue weighted by Crippen LogP contribution is 2.17. The molecule has 1 aromatic rings. The summed E-state index contributed by atoms with van der Waals surface area (Å²) in [5.41, 5.74) is 0.906. The zero-order chi connectivity index (χ0) is 12.8. The van der Waals surface area contributed by atoms with Crippen molar-refractivity contribution in [3.05, 3.63) is 24.3 Å². The Balaban J connectivity index is 1.77. The van der Waals surface area contributed by atoms with Crippen LogP contribution in [0.25, 0.3) is 0 Å². The molecule has 0 bridgehead atoms. The maximum atomic E-state index is 11.3. The van der Waals surface area contributed by atoms with Crippen LogP contribution in [0.3, 0.4) is 0 Å². The molecule has 0 atom stereocenters. The molecule has 1 heterocycles. The van der Waals surface area contributed by atoms with Crippen molar-refractivity contribution in [3.63, 3.8) is 0 Å². The Bertz CT molecular complexity index is 428. The number of aliphatic imine (C=N–C) groups is 1. The van der Waals surface area contributed by atoms with Gasteiger partial charge in [0.05, 0.1) is 12.2 Å². The van der Waals surface area contributed by atoms with Gasteiger partial charge in [0.25, 0.3) is 0 Å². The van der Waals surface area contributed by atoms with E-state index < -0.39 is 0 Å². The third-order valence-corrected chi connectivity index (χ3v) is 2.69. The smallest absolute Gasteiger partial charge is 0.317 e. The minimum absolute atomic E-state index is 0.00812. The average Bonchev–Trinajstić information content (AvgIpc) is 2.78. The van der Waals surface area contributed by atoms with E-state index in [9.17, 15) is 4.79 Å². The van der Waals surface area contributed by atoms with E-state index in [4.69, 9.17) is 4.74 Å². The summed E-state index contributed by atoms with van der Waals surface area (Å²) in [6.07, 6.45) is 1.75. The number of rotatable bonds is 5. The summed E-state index contributed by atoms with van der Waals surface area (Å²) in [6, 6.07) is 7.56. The van der Waals surface area contributed by atoms with E-state index in [1.165, 1.54) is 0 Å². The highest BCUT2D eigenvalue weighted by atomic mass is 16.5. The highest BCUT2D eigenvalue weighted by Gasteiger charge is 2.18. The van der Waals surface area contributed by atoms with Crippen molar-refractivity contribution < 1.29 is 9.53 Å². The first-order valence-corrected chi connectivity index (χ1v) is 6.04. The van der Waals surface area contributed by atoms with Crippen molar-refractivity contribution >= 4 is 17.9 Å². The van der Waals surface area contributed by atoms with Gasteiger partial charge < -0.3 is 15.0 Å². The van der Waals surface area contributed by atoms with Crippen LogP contribution in [-0.4, -0.2) is 43.4 Å². The second-order valence-electron chi connectivity index (χ2n) is 3.95. The van der Waals surface area contributed by atoms with Gasteiger partial charge in [-0.25, -0.2) is 4.79 Å². The number of ether oxygens (including phenoxy) is 1. The van der Waals surface area contributed by atoms with E-state index in [0.29, 0.717) is 13.2 Å². The molecule has 0 unspecified atom stereocenters. The van der Waals surface area contributed by atoms with Gasteiger partial charge in [-0.15, -0.1) is 0 Å². The first-order valence-electron chi connectivity index (χ1n) is 6.04. The molecule has 1 saturated heterocycles. The molecule has 1 aromatic carbocycles. The molecule has 5 nitrogen and oxygen atoms in total. The van der Waals surface area contributed by atoms with Crippen LogP contribution >= 0.6 is 0 Å². The van der Waals surface area contributed by atoms with Gasteiger partial charge in [0.15, 0.2) is 0 Å². The molecule has 96 valence electrons. The van der Waals surface area contributed by atoms with Gasteiger partial charge in [0.1, 0.15) is 12.4 Å². The van der Waals surface area contributed by atoms with Gasteiger partial charge in [-0.1, -0.05) is 0 Å². The lowest BCUT2D eigenvalue weighted by atomic mass is 10.3. The van der Waals surface area contributed by atoms with Gasteiger partial charge in [0.2, 0.25) is 0 Å². The number of carbonyl (C=O) groups excluding carboxylic acids is 1. The van der Waals surface area contributed by atoms with E-state index in [0.717, 1.165) is 24.5 Å². The molecule has 0 saturated carbocycles. The molecule has 1 fully saturated rings. The molecule has 0 radical (unpaired) electrons. The molecule has 0 aromatic heterocycles. The zero-order valence-electron chi connectivity index (χ0n) is 10.4. The number of nitrogens with zero attached hydrogens (tertiary/aromatic N) is 2. The van der Waals surface area contributed by atoms with Crippen molar-refractivity contribution in [1.82, 2.24) is 10.2 Å². The first kappa shape index (κ1) is 12.4. The topological polar surface area (TPSA) is 53.9 Å². The SMILES string of the molecule is CC=Nc1ccc(OCCN2CCNC2=O)cc1. The summed E-state index contributed by atoms with van der Waals surface area (Å²) >= 11 is 0. The minimum atomic E-state index is -0.00812. The Hall–Kier alpha value is -2.04. The van der Waals surface area contributed by atoms with Crippen LogP contribution in [0.1, 0.15) is 6.92 Å². The fourth-order valence-electron chi connectivity index (χ4n) is 1.78. The monoisotopic (exact) mass is 247 g/mol. The third-order valence-electron chi connectivity index (χ3n) is 2.69. The summed E-state index contributed by atoms with van der Waals surface area (Å²) in [4.78, 5) is 17.2. The summed E-state index contributed by atoms with van der Waals surface area (Å²) in [5.74, 6) is 0.796. The largest absolute Gasteiger partial charge is 0.492 e. The quantitative estimate of drug-likeness (QED) is 0.807. The van der Waals surface area contributed by atoms with Crippen LogP contribution in [0.15, 0.2) is 29.3 Å². The summed E-state index contributed by atoms with van der Waals surface area (Å²) in [6.45, 7) is 4.48. The van der Waals surface area contributed by atoms with Gasteiger partial charge in [0, 0.05) is 19.3 Å². The molecule has 0 spiro atoms. The normalized spacial score (nSPS) is 15.2. The maximum absolute atomic E-state index is 11.3. The van der Waals surface area contributed by atoms with Crippen LogP contribution in [0.4, 0.5) is 10.5 Å². The molecule has 1 aliphatic heterocycles. The second kappa shape index (κ2) is 6.05. The van der Waals surface area contributed by atoms with Gasteiger partial charge in [-0.2, -0.15) is 0 Å².